The van der Waals surface area contributed by atoms with E-state index in [4.69, 9.17) is 55.9 Å². The number of nitrogens with one attached hydrogen (secondary N) is 1. The number of nitrogens with zero attached hydrogens (tertiary/aromatic N) is 4. The summed E-state index contributed by atoms with van der Waals surface area (Å²) >= 11 is 6.23. The molecular formula is C27H36ClN5O11. The molecule has 3 rings (SSSR count). The Morgan fingerprint density at radius 2 is 1.55 bits per heavy atom. The summed E-state index contributed by atoms with van der Waals surface area (Å²) in [6.45, 7) is 6.85. The van der Waals surface area contributed by atoms with Gasteiger partial charge in [0.15, 0.2) is 24.1 Å². The third-order valence-corrected chi connectivity index (χ3v) is 6.02. The molecule has 242 valence electrons. The summed E-state index contributed by atoms with van der Waals surface area (Å²) in [6, 6.07) is 0. The average molecular weight is 642 g/mol. The molecule has 0 aromatic carbocycles. The third kappa shape index (κ3) is 10.8. The quantitative estimate of drug-likeness (QED) is 0.0751. The molecule has 1 fully saturated rings. The van der Waals surface area contributed by atoms with Crippen molar-refractivity contribution in [3.63, 3.8) is 0 Å². The first-order valence-corrected chi connectivity index (χ1v) is 14.1. The van der Waals surface area contributed by atoms with Gasteiger partial charge in [-0.2, -0.15) is 15.1 Å². The Morgan fingerprint density at radius 1 is 0.932 bits per heavy atom. The summed E-state index contributed by atoms with van der Waals surface area (Å²) < 4.78 is 44.9. The molecule has 0 bridgehead atoms. The van der Waals surface area contributed by atoms with Crippen LogP contribution < -0.4 is 5.32 Å². The summed E-state index contributed by atoms with van der Waals surface area (Å²) in [5, 5.41) is 7.92. The zero-order valence-corrected chi connectivity index (χ0v) is 25.4. The first-order valence-electron chi connectivity index (χ1n) is 13.7. The molecule has 16 nitrogen and oxygen atoms in total. The highest BCUT2D eigenvalue weighted by Gasteiger charge is 2.51. The van der Waals surface area contributed by atoms with Crippen molar-refractivity contribution in [2.45, 2.75) is 45.3 Å². The molecule has 17 heteroatoms. The lowest BCUT2D eigenvalue weighted by Gasteiger charge is -2.23. The molecule has 3 heterocycles. The van der Waals surface area contributed by atoms with Crippen molar-refractivity contribution >= 4 is 46.4 Å². The van der Waals surface area contributed by atoms with Crippen LogP contribution in [-0.4, -0.2) is 122 Å². The summed E-state index contributed by atoms with van der Waals surface area (Å²) in [5.74, 6) is 0.894. The second-order valence-electron chi connectivity index (χ2n) is 9.20. The summed E-state index contributed by atoms with van der Waals surface area (Å²) in [5.41, 5.74) is 0.253. The standard InChI is InChI=1S/C27H36ClN5O11/c1-5-7-37-9-11-39-13-14-40-12-10-38-8-6-29-24-20-15-30-33(25(20)32-27(28)31-24)26-23(43-19(4)36)22(42-18(3)35)21(44-26)16-41-17(2)34/h1,15,21-23,26H,6-14,16H2,2-4H3,(H,29,31,32)/t21-,22-,23-,26-/m1/s1. The normalized spacial score (nSPS) is 19.4. The number of aromatic nitrogens is 4. The fourth-order valence-corrected chi connectivity index (χ4v) is 4.31. The predicted octanol–water partition coefficient (Wildman–Crippen LogP) is 0.915. The van der Waals surface area contributed by atoms with E-state index in [0.29, 0.717) is 64.0 Å². The van der Waals surface area contributed by atoms with Crippen LogP contribution in [-0.2, 0) is 52.3 Å². The maximum absolute atomic E-state index is 12.0. The fraction of sp³-hybridized carbons (Fsp3) is 0.630. The van der Waals surface area contributed by atoms with Gasteiger partial charge in [-0.05, 0) is 11.6 Å². The van der Waals surface area contributed by atoms with Crippen LogP contribution in [0.3, 0.4) is 0 Å². The number of rotatable bonds is 19. The van der Waals surface area contributed by atoms with Gasteiger partial charge in [-0.1, -0.05) is 5.92 Å². The summed E-state index contributed by atoms with van der Waals surface area (Å²) in [7, 11) is 0. The van der Waals surface area contributed by atoms with Crippen LogP contribution in [0.1, 0.15) is 27.0 Å². The van der Waals surface area contributed by atoms with Crippen molar-refractivity contribution in [3.05, 3.63) is 11.5 Å². The van der Waals surface area contributed by atoms with Crippen molar-refractivity contribution in [2.24, 2.45) is 0 Å². The Bertz CT molecular complexity index is 1290. The highest BCUT2D eigenvalue weighted by Crippen LogP contribution is 2.36. The minimum absolute atomic E-state index is 0.0871. The van der Waals surface area contributed by atoms with Crippen LogP contribution in [0, 0.1) is 12.3 Å². The average Bonchev–Trinajstić information content (AvgIpc) is 3.52. The lowest BCUT2D eigenvalue weighted by molar-refractivity contribution is -0.166. The van der Waals surface area contributed by atoms with Gasteiger partial charge in [0, 0.05) is 27.3 Å². The highest BCUT2D eigenvalue weighted by molar-refractivity contribution is 6.28. The van der Waals surface area contributed by atoms with Gasteiger partial charge in [0.05, 0.1) is 57.8 Å². The van der Waals surface area contributed by atoms with Crippen molar-refractivity contribution in [2.75, 3.05) is 71.3 Å². The second kappa shape index (κ2) is 18.3. The molecule has 1 aliphatic heterocycles. The Kier molecular flexibility index (Phi) is 14.5. The molecule has 1 saturated heterocycles. The van der Waals surface area contributed by atoms with Crippen LogP contribution in [0.25, 0.3) is 11.0 Å². The van der Waals surface area contributed by atoms with E-state index in [2.05, 4.69) is 26.3 Å². The van der Waals surface area contributed by atoms with Gasteiger partial charge in [-0.15, -0.1) is 6.42 Å². The van der Waals surface area contributed by atoms with Crippen molar-refractivity contribution in [1.82, 2.24) is 19.7 Å². The van der Waals surface area contributed by atoms with Crippen molar-refractivity contribution in [1.29, 1.82) is 0 Å². The van der Waals surface area contributed by atoms with E-state index in [9.17, 15) is 14.4 Å². The maximum Gasteiger partial charge on any atom is 0.303 e. The number of anilines is 1. The van der Waals surface area contributed by atoms with E-state index in [0.717, 1.165) is 0 Å². The van der Waals surface area contributed by atoms with Crippen molar-refractivity contribution in [3.8, 4) is 12.3 Å². The molecule has 0 unspecified atom stereocenters. The molecule has 2 aromatic rings. The van der Waals surface area contributed by atoms with E-state index < -0.39 is 42.4 Å². The number of ether oxygens (including phenoxy) is 8. The topological polar surface area (TPSA) is 181 Å². The van der Waals surface area contributed by atoms with Crippen LogP contribution in [0.15, 0.2) is 6.20 Å². The summed E-state index contributed by atoms with van der Waals surface area (Å²) in [6.07, 6.45) is 2.28. The van der Waals surface area contributed by atoms with E-state index in [-0.39, 0.29) is 24.1 Å². The van der Waals surface area contributed by atoms with Crippen molar-refractivity contribution < 1.29 is 52.3 Å². The van der Waals surface area contributed by atoms with Gasteiger partial charge in [0.25, 0.3) is 0 Å². The zero-order valence-electron chi connectivity index (χ0n) is 24.7. The Labute approximate surface area is 258 Å². The number of terminal acetylenes is 1. The maximum atomic E-state index is 12.0. The molecule has 0 radical (unpaired) electrons. The number of esters is 3. The largest absolute Gasteiger partial charge is 0.463 e. The van der Waals surface area contributed by atoms with Gasteiger partial charge < -0.3 is 43.2 Å². The van der Waals surface area contributed by atoms with E-state index in [1.54, 1.807) is 0 Å². The second-order valence-corrected chi connectivity index (χ2v) is 9.54. The van der Waals surface area contributed by atoms with E-state index in [1.807, 2.05) is 0 Å². The highest BCUT2D eigenvalue weighted by atomic mass is 35.5. The molecule has 2 aromatic heterocycles. The molecule has 0 aliphatic carbocycles. The molecule has 44 heavy (non-hydrogen) atoms. The lowest BCUT2D eigenvalue weighted by atomic mass is 10.1. The van der Waals surface area contributed by atoms with Gasteiger partial charge in [0.2, 0.25) is 5.28 Å². The van der Waals surface area contributed by atoms with E-state index in [1.165, 1.54) is 31.6 Å². The lowest BCUT2D eigenvalue weighted by Crippen LogP contribution is -2.40. The SMILES string of the molecule is C#CCOCCOCCOCCOCCNc1nc(Cl)nc2c1cnn2[C@@H]1O[C@H](COC(C)=O)[C@@H](OC(C)=O)[C@H]1OC(C)=O. The molecule has 0 amide bonds. The third-order valence-electron chi connectivity index (χ3n) is 5.85. The van der Waals surface area contributed by atoms with E-state index >= 15 is 0 Å². The zero-order chi connectivity index (χ0) is 31.9. The van der Waals surface area contributed by atoms with Crippen LogP contribution in [0.2, 0.25) is 5.28 Å². The fourth-order valence-electron chi connectivity index (χ4n) is 4.14. The number of fused-ring (bicyclic) bond motifs is 1. The molecule has 1 N–H and O–H groups in total. The number of carbonyl (C=O) groups is 3. The van der Waals surface area contributed by atoms with Gasteiger partial charge >= 0.3 is 17.9 Å². The minimum atomic E-state index is -1.14. The minimum Gasteiger partial charge on any atom is -0.463 e. The molecular weight excluding hydrogens is 606 g/mol. The molecule has 1 aliphatic rings. The predicted molar refractivity (Wildman–Crippen MR) is 153 cm³/mol. The Hall–Kier alpha value is -3.59. The number of carbonyl (C=O) groups excluding carboxylic acids is 3. The van der Waals surface area contributed by atoms with Crippen LogP contribution >= 0.6 is 11.6 Å². The number of hydrogen-bond donors (Lipinski definition) is 1. The smallest absolute Gasteiger partial charge is 0.303 e. The molecule has 4 atom stereocenters. The molecule has 0 saturated carbocycles. The Balaban J connectivity index is 1.58. The van der Waals surface area contributed by atoms with Crippen LogP contribution in [0.4, 0.5) is 5.82 Å². The summed E-state index contributed by atoms with van der Waals surface area (Å²) in [4.78, 5) is 43.8. The van der Waals surface area contributed by atoms with Gasteiger partial charge in [-0.25, -0.2) is 4.68 Å². The van der Waals surface area contributed by atoms with Gasteiger partial charge in [-0.3, -0.25) is 14.4 Å². The molecule has 0 spiro atoms. The first kappa shape index (κ1) is 34.9. The number of halogens is 1. The monoisotopic (exact) mass is 641 g/mol. The van der Waals surface area contributed by atoms with Gasteiger partial charge in [0.1, 0.15) is 25.1 Å². The van der Waals surface area contributed by atoms with Crippen LogP contribution in [0.5, 0.6) is 0 Å². The Morgan fingerprint density at radius 3 is 2.16 bits per heavy atom. The number of hydrogen-bond acceptors (Lipinski definition) is 15. The first-order chi connectivity index (χ1) is 21.2.